The molecule has 2 nitrogen and oxygen atoms in total. The van der Waals surface area contributed by atoms with Crippen LogP contribution in [0, 0.1) is 0 Å². The molecule has 0 fully saturated rings. The van der Waals surface area contributed by atoms with Crippen molar-refractivity contribution in [2.24, 2.45) is 0 Å². The highest BCUT2D eigenvalue weighted by Gasteiger charge is 2.41. The maximum atomic E-state index is 13.2. The first-order valence-corrected chi connectivity index (χ1v) is 6.50. The van der Waals surface area contributed by atoms with E-state index < -0.39 is 17.5 Å². The van der Waals surface area contributed by atoms with Crippen LogP contribution >= 0.6 is 27.7 Å². The average Bonchev–Trinajstić information content (AvgIpc) is 2.20. The van der Waals surface area contributed by atoms with Crippen LogP contribution in [0.2, 0.25) is 0 Å². The summed E-state index contributed by atoms with van der Waals surface area (Å²) in [5, 5.41) is 8.75. The van der Waals surface area contributed by atoms with E-state index in [1.807, 2.05) is 13.8 Å². The number of halogens is 3. The summed E-state index contributed by atoms with van der Waals surface area (Å²) in [6.07, 6.45) is 0. The standard InChI is InChI=1S/C11H11BrF2O2S/c1-6(2)17-9-4-3-7(5-8(9)12)11(13,14)10(15)16/h3-6H,1-2H3,(H,15,16). The Morgan fingerprint density at radius 2 is 2.06 bits per heavy atom. The first kappa shape index (κ1) is 14.4. The Bertz CT molecular complexity index is 435. The number of carboxylic acids is 1. The van der Waals surface area contributed by atoms with Gasteiger partial charge >= 0.3 is 11.9 Å². The number of carboxylic acid groups (broad SMARTS) is 1. The van der Waals surface area contributed by atoms with E-state index in [-0.39, 0.29) is 0 Å². The topological polar surface area (TPSA) is 37.3 Å². The number of hydrogen-bond acceptors (Lipinski definition) is 2. The molecule has 94 valence electrons. The minimum absolute atomic E-state index is 0.317. The molecule has 0 saturated heterocycles. The minimum Gasteiger partial charge on any atom is -0.477 e. The molecular weight excluding hydrogens is 314 g/mol. The second-order valence-corrected chi connectivity index (χ2v) is 6.16. The highest BCUT2D eigenvalue weighted by atomic mass is 79.9. The number of carbonyl (C=O) groups is 1. The lowest BCUT2D eigenvalue weighted by Gasteiger charge is -2.14. The van der Waals surface area contributed by atoms with E-state index >= 15 is 0 Å². The van der Waals surface area contributed by atoms with Crippen molar-refractivity contribution in [3.8, 4) is 0 Å². The SMILES string of the molecule is CC(C)Sc1ccc(C(F)(F)C(=O)O)cc1Br. The van der Waals surface area contributed by atoms with Crippen molar-refractivity contribution in [3.05, 3.63) is 28.2 Å². The van der Waals surface area contributed by atoms with Crippen LogP contribution in [-0.4, -0.2) is 16.3 Å². The Labute approximate surface area is 111 Å². The highest BCUT2D eigenvalue weighted by molar-refractivity contribution is 9.10. The third-order valence-corrected chi connectivity index (χ3v) is 3.93. The zero-order valence-electron chi connectivity index (χ0n) is 9.21. The minimum atomic E-state index is -3.86. The summed E-state index contributed by atoms with van der Waals surface area (Å²) in [6, 6.07) is 3.80. The molecule has 0 aliphatic rings. The molecule has 0 radical (unpaired) electrons. The van der Waals surface area contributed by atoms with Crippen molar-refractivity contribution < 1.29 is 18.7 Å². The molecule has 0 aromatic heterocycles. The van der Waals surface area contributed by atoms with Gasteiger partial charge in [-0.2, -0.15) is 8.78 Å². The van der Waals surface area contributed by atoms with E-state index in [9.17, 15) is 13.6 Å². The molecule has 0 heterocycles. The molecular formula is C11H11BrF2O2S. The van der Waals surface area contributed by atoms with Crippen molar-refractivity contribution in [3.63, 3.8) is 0 Å². The lowest BCUT2D eigenvalue weighted by Crippen LogP contribution is -2.25. The quantitative estimate of drug-likeness (QED) is 0.846. The Balaban J connectivity index is 3.08. The summed E-state index contributed by atoms with van der Waals surface area (Å²) < 4.78 is 26.9. The predicted molar refractivity (Wildman–Crippen MR) is 66.7 cm³/mol. The molecule has 0 amide bonds. The molecule has 1 rings (SSSR count). The molecule has 0 bridgehead atoms. The van der Waals surface area contributed by atoms with Gasteiger partial charge in [-0.05, 0) is 28.1 Å². The number of hydrogen-bond donors (Lipinski definition) is 1. The number of rotatable bonds is 4. The van der Waals surface area contributed by atoms with Crippen molar-refractivity contribution in [2.75, 3.05) is 0 Å². The lowest BCUT2D eigenvalue weighted by atomic mass is 10.1. The fourth-order valence-electron chi connectivity index (χ4n) is 1.17. The molecule has 0 saturated carbocycles. The fourth-order valence-corrected chi connectivity index (χ4v) is 2.65. The van der Waals surface area contributed by atoms with Crippen LogP contribution in [0.1, 0.15) is 19.4 Å². The molecule has 0 atom stereocenters. The molecule has 1 N–H and O–H groups in total. The summed E-state index contributed by atoms with van der Waals surface area (Å²) in [6.45, 7) is 3.97. The Hall–Kier alpha value is -0.620. The molecule has 1 aromatic rings. The molecule has 0 spiro atoms. The second kappa shape index (κ2) is 5.35. The van der Waals surface area contributed by atoms with Gasteiger partial charge in [0.1, 0.15) is 0 Å². The zero-order chi connectivity index (χ0) is 13.2. The van der Waals surface area contributed by atoms with E-state index in [1.165, 1.54) is 17.8 Å². The Morgan fingerprint density at radius 3 is 2.47 bits per heavy atom. The largest absolute Gasteiger partial charge is 0.477 e. The second-order valence-electron chi connectivity index (χ2n) is 3.69. The summed E-state index contributed by atoms with van der Waals surface area (Å²) >= 11 is 4.68. The van der Waals surface area contributed by atoms with E-state index in [4.69, 9.17) is 5.11 Å². The normalized spacial score (nSPS) is 11.9. The van der Waals surface area contributed by atoms with Crippen molar-refractivity contribution in [2.45, 2.75) is 29.9 Å². The first-order chi connectivity index (χ1) is 7.75. The number of thioether (sulfide) groups is 1. The van der Waals surface area contributed by atoms with Gasteiger partial charge in [0.15, 0.2) is 0 Å². The van der Waals surface area contributed by atoms with Gasteiger partial charge in [-0.25, -0.2) is 4.79 Å². The lowest BCUT2D eigenvalue weighted by molar-refractivity contribution is -0.166. The van der Waals surface area contributed by atoms with Crippen LogP contribution < -0.4 is 0 Å². The smallest absolute Gasteiger partial charge is 0.379 e. The van der Waals surface area contributed by atoms with Gasteiger partial charge < -0.3 is 5.11 Å². The van der Waals surface area contributed by atoms with Crippen molar-refractivity contribution in [1.82, 2.24) is 0 Å². The van der Waals surface area contributed by atoms with Gasteiger partial charge in [0.2, 0.25) is 0 Å². The Morgan fingerprint density at radius 1 is 1.47 bits per heavy atom. The van der Waals surface area contributed by atoms with E-state index in [0.29, 0.717) is 9.72 Å². The van der Waals surface area contributed by atoms with E-state index in [0.717, 1.165) is 17.0 Å². The third kappa shape index (κ3) is 3.42. The number of aliphatic carboxylic acids is 1. The maximum Gasteiger partial charge on any atom is 0.379 e. The molecule has 0 unspecified atom stereocenters. The van der Waals surface area contributed by atoms with Crippen LogP contribution in [0.15, 0.2) is 27.6 Å². The molecule has 17 heavy (non-hydrogen) atoms. The summed E-state index contributed by atoms with van der Waals surface area (Å²) in [4.78, 5) is 11.2. The summed E-state index contributed by atoms with van der Waals surface area (Å²) in [5.41, 5.74) is -0.523. The third-order valence-electron chi connectivity index (χ3n) is 1.93. The maximum absolute atomic E-state index is 13.2. The van der Waals surface area contributed by atoms with Gasteiger partial charge in [-0.15, -0.1) is 11.8 Å². The number of alkyl halides is 2. The average molecular weight is 325 g/mol. The van der Waals surface area contributed by atoms with Crippen LogP contribution in [0.5, 0.6) is 0 Å². The molecule has 0 aliphatic carbocycles. The van der Waals surface area contributed by atoms with Crippen molar-refractivity contribution >= 4 is 33.7 Å². The van der Waals surface area contributed by atoms with Gasteiger partial charge in [-0.3, -0.25) is 0 Å². The monoisotopic (exact) mass is 324 g/mol. The Kier molecular flexibility index (Phi) is 4.55. The molecule has 6 heteroatoms. The zero-order valence-corrected chi connectivity index (χ0v) is 11.6. The van der Waals surface area contributed by atoms with Crippen LogP contribution in [-0.2, 0) is 10.7 Å². The van der Waals surface area contributed by atoms with Gasteiger partial charge in [-0.1, -0.05) is 19.9 Å². The van der Waals surface area contributed by atoms with E-state index in [1.54, 1.807) is 0 Å². The van der Waals surface area contributed by atoms with E-state index in [2.05, 4.69) is 15.9 Å². The summed E-state index contributed by atoms with van der Waals surface area (Å²) in [5.74, 6) is -6.00. The van der Waals surface area contributed by atoms with Crippen molar-refractivity contribution in [1.29, 1.82) is 0 Å². The fraction of sp³-hybridized carbons (Fsp3) is 0.364. The van der Waals surface area contributed by atoms with Gasteiger partial charge in [0.25, 0.3) is 0 Å². The van der Waals surface area contributed by atoms with Gasteiger partial charge in [0, 0.05) is 20.2 Å². The summed E-state index contributed by atoms with van der Waals surface area (Å²) in [7, 11) is 0. The highest BCUT2D eigenvalue weighted by Crippen LogP contribution is 2.36. The van der Waals surface area contributed by atoms with Crippen LogP contribution in [0.25, 0.3) is 0 Å². The first-order valence-electron chi connectivity index (χ1n) is 4.83. The molecule has 1 aromatic carbocycles. The molecule has 0 aliphatic heterocycles. The van der Waals surface area contributed by atoms with Crippen LogP contribution in [0.4, 0.5) is 8.78 Å². The van der Waals surface area contributed by atoms with Gasteiger partial charge in [0.05, 0.1) is 0 Å². The number of benzene rings is 1. The van der Waals surface area contributed by atoms with Crippen LogP contribution in [0.3, 0.4) is 0 Å². The predicted octanol–water partition coefficient (Wildman–Crippen LogP) is 4.13.